The predicted octanol–water partition coefficient (Wildman–Crippen LogP) is 5.52. The fourth-order valence-corrected chi connectivity index (χ4v) is 3.45. The first-order chi connectivity index (χ1) is 10.0. The van der Waals surface area contributed by atoms with Crippen molar-refractivity contribution in [1.29, 1.82) is 0 Å². The van der Waals surface area contributed by atoms with Crippen molar-refractivity contribution in [1.82, 2.24) is 9.97 Å². The Kier molecular flexibility index (Phi) is 3.83. The summed E-state index contributed by atoms with van der Waals surface area (Å²) >= 11 is 7.67. The lowest BCUT2D eigenvalue weighted by molar-refractivity contribution is 0.869. The van der Waals surface area contributed by atoms with Crippen LogP contribution in [-0.4, -0.2) is 9.97 Å². The van der Waals surface area contributed by atoms with Crippen molar-refractivity contribution in [2.45, 2.75) is 26.7 Å². The van der Waals surface area contributed by atoms with E-state index in [0.717, 1.165) is 21.7 Å². The molecule has 0 spiro atoms. The number of para-hydroxylation sites is 1. The van der Waals surface area contributed by atoms with Gasteiger partial charge in [0.2, 0.25) is 5.28 Å². The summed E-state index contributed by atoms with van der Waals surface area (Å²) in [4.78, 5) is 10.8. The third kappa shape index (κ3) is 2.87. The lowest BCUT2D eigenvalue weighted by Gasteiger charge is -2.14. The molecule has 3 nitrogen and oxygen atoms in total. The first-order valence-electron chi connectivity index (χ1n) is 6.84. The highest BCUT2D eigenvalue weighted by molar-refractivity contribution is 7.18. The number of fused-ring (bicyclic) bond motifs is 1. The Labute approximate surface area is 133 Å². The summed E-state index contributed by atoms with van der Waals surface area (Å²) in [5, 5.41) is 4.71. The Balaban J connectivity index is 2.10. The van der Waals surface area contributed by atoms with E-state index in [9.17, 15) is 0 Å². The minimum Gasteiger partial charge on any atom is -0.339 e. The van der Waals surface area contributed by atoms with Crippen molar-refractivity contribution in [2.75, 3.05) is 5.32 Å². The molecule has 0 aliphatic rings. The first kappa shape index (κ1) is 14.3. The zero-order chi connectivity index (χ0) is 15.0. The number of halogens is 1. The lowest BCUT2D eigenvalue weighted by Crippen LogP contribution is -2.00. The highest BCUT2D eigenvalue weighted by Crippen LogP contribution is 2.33. The zero-order valence-electron chi connectivity index (χ0n) is 12.1. The molecule has 3 aromatic rings. The van der Waals surface area contributed by atoms with Gasteiger partial charge in [-0.25, -0.2) is 4.98 Å². The maximum absolute atomic E-state index is 6.05. The minimum absolute atomic E-state index is 0.272. The van der Waals surface area contributed by atoms with Crippen LogP contribution in [0.15, 0.2) is 30.3 Å². The van der Waals surface area contributed by atoms with Crippen LogP contribution >= 0.6 is 22.9 Å². The molecule has 108 valence electrons. The van der Waals surface area contributed by atoms with Gasteiger partial charge in [0, 0.05) is 10.6 Å². The van der Waals surface area contributed by atoms with Gasteiger partial charge in [0.05, 0.1) is 5.39 Å². The van der Waals surface area contributed by atoms with Crippen molar-refractivity contribution in [2.24, 2.45) is 0 Å². The largest absolute Gasteiger partial charge is 0.339 e. The molecule has 0 aliphatic carbocycles. The Morgan fingerprint density at radius 3 is 2.71 bits per heavy atom. The Morgan fingerprint density at radius 2 is 1.95 bits per heavy atom. The third-order valence-electron chi connectivity index (χ3n) is 3.32. The van der Waals surface area contributed by atoms with Crippen LogP contribution in [0.5, 0.6) is 0 Å². The molecule has 0 unspecified atom stereocenters. The van der Waals surface area contributed by atoms with Crippen molar-refractivity contribution < 1.29 is 0 Å². The molecule has 0 fully saturated rings. The van der Waals surface area contributed by atoms with E-state index in [2.05, 4.69) is 60.3 Å². The smallest absolute Gasteiger partial charge is 0.225 e. The van der Waals surface area contributed by atoms with Gasteiger partial charge in [0.1, 0.15) is 10.6 Å². The second-order valence-electron chi connectivity index (χ2n) is 5.28. The molecular weight excluding hydrogens is 302 g/mol. The number of aryl methyl sites for hydroxylation is 1. The van der Waals surface area contributed by atoms with Crippen molar-refractivity contribution in [3.8, 4) is 0 Å². The molecule has 0 saturated carbocycles. The fraction of sp³-hybridized carbons (Fsp3) is 0.250. The molecule has 1 N–H and O–H groups in total. The van der Waals surface area contributed by atoms with Gasteiger partial charge in [-0.2, -0.15) is 4.98 Å². The maximum atomic E-state index is 6.05. The zero-order valence-corrected chi connectivity index (χ0v) is 13.7. The number of hydrogen-bond acceptors (Lipinski definition) is 4. The molecule has 0 aliphatic heterocycles. The molecule has 2 heterocycles. The number of aromatic nitrogens is 2. The van der Waals surface area contributed by atoms with Crippen LogP contribution in [0, 0.1) is 6.92 Å². The van der Waals surface area contributed by atoms with Gasteiger partial charge in [0.15, 0.2) is 0 Å². The van der Waals surface area contributed by atoms with E-state index in [1.165, 1.54) is 10.4 Å². The summed E-state index contributed by atoms with van der Waals surface area (Å²) < 4.78 is 0. The summed E-state index contributed by atoms with van der Waals surface area (Å²) in [5.41, 5.74) is 2.32. The molecule has 2 aromatic heterocycles. The number of nitrogens with zero attached hydrogens (tertiary/aromatic N) is 2. The number of thiophene rings is 1. The number of benzene rings is 1. The topological polar surface area (TPSA) is 37.8 Å². The van der Waals surface area contributed by atoms with Gasteiger partial charge >= 0.3 is 0 Å². The molecule has 0 atom stereocenters. The van der Waals surface area contributed by atoms with Crippen LogP contribution in [0.3, 0.4) is 0 Å². The van der Waals surface area contributed by atoms with Crippen LogP contribution in [0.1, 0.15) is 30.2 Å². The third-order valence-corrected chi connectivity index (χ3v) is 4.44. The van der Waals surface area contributed by atoms with Gasteiger partial charge in [-0.15, -0.1) is 11.3 Å². The van der Waals surface area contributed by atoms with Gasteiger partial charge in [0.25, 0.3) is 0 Å². The van der Waals surface area contributed by atoms with E-state index < -0.39 is 0 Å². The quantitative estimate of drug-likeness (QED) is 0.646. The second kappa shape index (κ2) is 5.62. The van der Waals surface area contributed by atoms with Crippen LogP contribution in [0.25, 0.3) is 10.2 Å². The molecule has 0 saturated heterocycles. The SMILES string of the molecule is Cc1cc2c(Nc3ccccc3C(C)C)nc(Cl)nc2s1. The van der Waals surface area contributed by atoms with Crippen molar-refractivity contribution in [3.63, 3.8) is 0 Å². The lowest BCUT2D eigenvalue weighted by atomic mass is 10.0. The summed E-state index contributed by atoms with van der Waals surface area (Å²) in [6.45, 7) is 6.42. The summed E-state index contributed by atoms with van der Waals surface area (Å²) in [5.74, 6) is 1.20. The molecule has 21 heavy (non-hydrogen) atoms. The van der Waals surface area contributed by atoms with Crippen LogP contribution in [-0.2, 0) is 0 Å². The Hall–Kier alpha value is -1.65. The van der Waals surface area contributed by atoms with E-state index in [1.807, 2.05) is 6.07 Å². The normalized spacial score (nSPS) is 11.3. The maximum Gasteiger partial charge on any atom is 0.225 e. The molecule has 5 heteroatoms. The molecule has 0 amide bonds. The highest BCUT2D eigenvalue weighted by Gasteiger charge is 2.12. The van der Waals surface area contributed by atoms with E-state index in [1.54, 1.807) is 11.3 Å². The van der Waals surface area contributed by atoms with Crippen LogP contribution < -0.4 is 5.32 Å². The van der Waals surface area contributed by atoms with Crippen molar-refractivity contribution >= 4 is 44.7 Å². The van der Waals surface area contributed by atoms with E-state index >= 15 is 0 Å². The summed E-state index contributed by atoms with van der Waals surface area (Å²) in [6, 6.07) is 10.4. The minimum atomic E-state index is 0.272. The Morgan fingerprint density at radius 1 is 1.19 bits per heavy atom. The Bertz CT molecular complexity index is 795. The van der Waals surface area contributed by atoms with Crippen LogP contribution in [0.2, 0.25) is 5.28 Å². The molecule has 0 radical (unpaired) electrons. The van der Waals surface area contributed by atoms with Crippen LogP contribution in [0.4, 0.5) is 11.5 Å². The van der Waals surface area contributed by atoms with E-state index in [0.29, 0.717) is 5.92 Å². The van der Waals surface area contributed by atoms with Gasteiger partial charge in [-0.3, -0.25) is 0 Å². The number of hydrogen-bond donors (Lipinski definition) is 1. The van der Waals surface area contributed by atoms with E-state index in [-0.39, 0.29) is 5.28 Å². The first-order valence-corrected chi connectivity index (χ1v) is 8.03. The molecule has 3 rings (SSSR count). The van der Waals surface area contributed by atoms with Gasteiger partial charge < -0.3 is 5.32 Å². The van der Waals surface area contributed by atoms with Crippen molar-refractivity contribution in [3.05, 3.63) is 46.1 Å². The number of rotatable bonds is 3. The average molecular weight is 318 g/mol. The fourth-order valence-electron chi connectivity index (χ4n) is 2.35. The molecular formula is C16H16ClN3S. The van der Waals surface area contributed by atoms with Gasteiger partial charge in [-0.1, -0.05) is 32.0 Å². The van der Waals surface area contributed by atoms with Gasteiger partial charge in [-0.05, 0) is 42.1 Å². The molecule has 1 aromatic carbocycles. The highest BCUT2D eigenvalue weighted by atomic mass is 35.5. The average Bonchev–Trinajstić information content (AvgIpc) is 2.79. The standard InChI is InChI=1S/C16H16ClN3S/c1-9(2)11-6-4-5-7-13(11)18-14-12-8-10(3)21-15(12)20-16(17)19-14/h4-9H,1-3H3,(H,18,19,20). The predicted molar refractivity (Wildman–Crippen MR) is 91.0 cm³/mol. The monoisotopic (exact) mass is 317 g/mol. The number of anilines is 2. The second-order valence-corrected chi connectivity index (χ2v) is 6.86. The summed E-state index contributed by atoms with van der Waals surface area (Å²) in [7, 11) is 0. The molecule has 0 bridgehead atoms. The summed E-state index contributed by atoms with van der Waals surface area (Å²) in [6.07, 6.45) is 0. The van der Waals surface area contributed by atoms with E-state index in [4.69, 9.17) is 11.6 Å². The number of nitrogens with one attached hydrogen (secondary N) is 1.